The van der Waals surface area contributed by atoms with Crippen LogP contribution in [0.3, 0.4) is 0 Å². The number of carbonyl (C=O) groups excluding carboxylic acids is 1. The quantitative estimate of drug-likeness (QED) is 0.0346. The van der Waals surface area contributed by atoms with Crippen LogP contribution in [0.25, 0.3) is 0 Å². The molecule has 0 aliphatic carbocycles. The van der Waals surface area contributed by atoms with E-state index in [0.29, 0.717) is 19.6 Å². The molecule has 0 radical (unpaired) electrons. The predicted molar refractivity (Wildman–Crippen MR) is 267 cm³/mol. The zero-order valence-corrected chi connectivity index (χ0v) is 41.2. The first-order valence-electron chi connectivity index (χ1n) is 25.0. The van der Waals surface area contributed by atoms with Crippen molar-refractivity contribution in [1.29, 1.82) is 0 Å². The minimum absolute atomic E-state index is 0.135. The fraction of sp³-hybridized carbons (Fsp3) is 0.466. The Morgan fingerprint density at radius 2 is 0.873 bits per heavy atom. The highest BCUT2D eigenvalue weighted by molar-refractivity contribution is 5.68. The van der Waals surface area contributed by atoms with E-state index in [4.69, 9.17) is 52.1 Å². The van der Waals surface area contributed by atoms with Gasteiger partial charge in [-0.1, -0.05) is 177 Å². The largest absolute Gasteiger partial charge is 0.469 e. The lowest BCUT2D eigenvalue weighted by Crippen LogP contribution is -2.66. The zero-order valence-electron chi connectivity index (χ0n) is 41.2. The van der Waals surface area contributed by atoms with E-state index in [0.717, 1.165) is 66.3 Å². The first kappa shape index (κ1) is 53.9. The molecule has 13 heteroatoms. The van der Waals surface area contributed by atoms with Crippen molar-refractivity contribution in [3.8, 4) is 0 Å². The molecular weight excluding hydrogens is 905 g/mol. The third kappa shape index (κ3) is 17.1. The minimum atomic E-state index is -1.11. The summed E-state index contributed by atoms with van der Waals surface area (Å²) in [5, 5.41) is 10.8. The van der Waals surface area contributed by atoms with Crippen LogP contribution in [-0.2, 0) is 89.9 Å². The van der Waals surface area contributed by atoms with Gasteiger partial charge in [0.15, 0.2) is 12.6 Å². The number of ether oxygens (including phenoxy) is 11. The van der Waals surface area contributed by atoms with Gasteiger partial charge in [-0.3, -0.25) is 4.79 Å². The number of hydrogen-bond donors (Lipinski definition) is 1. The molecule has 0 amide bonds. The average Bonchev–Trinajstić information content (AvgIpc) is 3.42. The lowest BCUT2D eigenvalue weighted by molar-refractivity contribution is -0.381. The van der Waals surface area contributed by atoms with Gasteiger partial charge < -0.3 is 57.2 Å². The smallest absolute Gasteiger partial charge is 0.305 e. The zero-order chi connectivity index (χ0) is 49.3. The van der Waals surface area contributed by atoms with Gasteiger partial charge in [0.25, 0.3) is 0 Å². The number of esters is 1. The Balaban J connectivity index is 1.22. The molecule has 5 aromatic carbocycles. The van der Waals surface area contributed by atoms with E-state index < -0.39 is 61.4 Å². The Labute approximate surface area is 419 Å². The molecule has 13 nitrogen and oxygen atoms in total. The summed E-state index contributed by atoms with van der Waals surface area (Å²) in [5.41, 5.74) is 4.86. The summed E-state index contributed by atoms with van der Waals surface area (Å²) in [6, 6.07) is 49.8. The Hall–Kier alpha value is -4.87. The Morgan fingerprint density at radius 3 is 1.35 bits per heavy atom. The van der Waals surface area contributed by atoms with Crippen LogP contribution >= 0.6 is 0 Å². The van der Waals surface area contributed by atoms with Crippen LogP contribution in [-0.4, -0.2) is 107 Å². The third-order valence-electron chi connectivity index (χ3n) is 12.7. The lowest BCUT2D eigenvalue weighted by Gasteiger charge is -2.50. The molecule has 0 spiro atoms. The maximum absolute atomic E-state index is 11.6. The Kier molecular flexibility index (Phi) is 23.0. The molecule has 0 aromatic heterocycles. The number of benzene rings is 5. The van der Waals surface area contributed by atoms with E-state index >= 15 is 0 Å². The van der Waals surface area contributed by atoms with Crippen molar-refractivity contribution in [3.63, 3.8) is 0 Å². The van der Waals surface area contributed by atoms with Crippen molar-refractivity contribution >= 4 is 5.97 Å². The molecule has 5 aromatic rings. The van der Waals surface area contributed by atoms with Gasteiger partial charge >= 0.3 is 5.97 Å². The summed E-state index contributed by atoms with van der Waals surface area (Å²) in [4.78, 5) is 11.6. The molecule has 2 fully saturated rings. The van der Waals surface area contributed by atoms with Crippen LogP contribution in [0, 0.1) is 0 Å². The van der Waals surface area contributed by atoms with Gasteiger partial charge in [-0.25, -0.2) is 0 Å². The highest BCUT2D eigenvalue weighted by Gasteiger charge is 2.54. The predicted octanol–water partition coefficient (Wildman–Crippen LogP) is 9.31. The number of methoxy groups -OCH3 is 2. The van der Waals surface area contributed by atoms with Gasteiger partial charge in [-0.2, -0.15) is 0 Å². The molecule has 382 valence electrons. The van der Waals surface area contributed by atoms with Crippen molar-refractivity contribution in [2.75, 3.05) is 34.0 Å². The molecule has 0 bridgehead atoms. The van der Waals surface area contributed by atoms with Gasteiger partial charge in [-0.05, 0) is 40.7 Å². The molecule has 1 N–H and O–H groups in total. The molecule has 7 rings (SSSR count). The number of aliphatic hydroxyl groups is 1. The van der Waals surface area contributed by atoms with Crippen LogP contribution in [0.1, 0.15) is 72.8 Å². The van der Waals surface area contributed by atoms with Gasteiger partial charge in [0, 0.05) is 20.1 Å². The topological polar surface area (TPSA) is 139 Å². The van der Waals surface area contributed by atoms with Crippen molar-refractivity contribution < 1.29 is 62.0 Å². The van der Waals surface area contributed by atoms with Crippen molar-refractivity contribution in [2.24, 2.45) is 0 Å². The number of aliphatic hydroxyl groups excluding tert-OH is 1. The lowest BCUT2D eigenvalue weighted by atomic mass is 9.96. The second-order valence-electron chi connectivity index (χ2n) is 17.9. The summed E-state index contributed by atoms with van der Waals surface area (Å²) in [6.45, 7) is 1.44. The number of rotatable bonds is 30. The Morgan fingerprint density at radius 1 is 0.451 bits per heavy atom. The van der Waals surface area contributed by atoms with Crippen LogP contribution in [0.15, 0.2) is 152 Å². The molecule has 2 saturated heterocycles. The SMILES string of the molecule is COC(=O)CCCCCCCCO[C@H]1O[C@H](CO)[C@@H](OC)[C@H](OCc2ccccc2)[C@H]1O[C@H]1O[C@H](COCc2ccccc2)[C@@H](OCc2ccccc2)[C@H](OCc2ccccc2)[C@H]1OCc1ccccc1. The third-order valence-corrected chi connectivity index (χ3v) is 12.7. The molecule has 2 aliphatic rings. The fourth-order valence-corrected chi connectivity index (χ4v) is 8.94. The normalized spacial score (nSPS) is 24.4. The number of unbranched alkanes of at least 4 members (excludes halogenated alkanes) is 5. The van der Waals surface area contributed by atoms with E-state index in [2.05, 4.69) is 0 Å². The van der Waals surface area contributed by atoms with Gasteiger partial charge in [0.2, 0.25) is 0 Å². The van der Waals surface area contributed by atoms with E-state index in [1.54, 1.807) is 7.11 Å². The van der Waals surface area contributed by atoms with Gasteiger partial charge in [0.1, 0.15) is 48.8 Å². The minimum Gasteiger partial charge on any atom is -0.469 e. The highest BCUT2D eigenvalue weighted by Crippen LogP contribution is 2.36. The average molecular weight is 977 g/mol. The maximum atomic E-state index is 11.6. The summed E-state index contributed by atoms with van der Waals surface area (Å²) >= 11 is 0. The summed E-state index contributed by atoms with van der Waals surface area (Å²) < 4.78 is 72.8. The molecular formula is C58H72O13. The molecule has 0 unspecified atom stereocenters. The second kappa shape index (κ2) is 30.2. The molecule has 10 atom stereocenters. The molecule has 71 heavy (non-hydrogen) atoms. The van der Waals surface area contributed by atoms with E-state index in [-0.39, 0.29) is 45.6 Å². The molecule has 2 heterocycles. The van der Waals surface area contributed by atoms with Crippen molar-refractivity contribution in [1.82, 2.24) is 0 Å². The van der Waals surface area contributed by atoms with Gasteiger partial charge in [-0.15, -0.1) is 0 Å². The van der Waals surface area contributed by atoms with Gasteiger partial charge in [0.05, 0.1) is 53.4 Å². The summed E-state index contributed by atoms with van der Waals surface area (Å²) in [5.74, 6) is -0.184. The number of carbonyl (C=O) groups is 1. The van der Waals surface area contributed by atoms with Crippen LogP contribution in [0.4, 0.5) is 0 Å². The van der Waals surface area contributed by atoms with Crippen LogP contribution in [0.2, 0.25) is 0 Å². The highest BCUT2D eigenvalue weighted by atomic mass is 16.8. The van der Waals surface area contributed by atoms with E-state index in [1.807, 2.05) is 152 Å². The van der Waals surface area contributed by atoms with Crippen LogP contribution < -0.4 is 0 Å². The monoisotopic (exact) mass is 976 g/mol. The Bertz CT molecular complexity index is 2170. The maximum Gasteiger partial charge on any atom is 0.305 e. The van der Waals surface area contributed by atoms with Crippen molar-refractivity contribution in [2.45, 2.75) is 139 Å². The van der Waals surface area contributed by atoms with E-state index in [1.165, 1.54) is 7.11 Å². The molecule has 0 saturated carbocycles. The fourth-order valence-electron chi connectivity index (χ4n) is 8.94. The molecule has 2 aliphatic heterocycles. The second-order valence-corrected chi connectivity index (χ2v) is 17.9. The summed E-state index contributed by atoms with van der Waals surface area (Å²) in [7, 11) is 2.99. The van der Waals surface area contributed by atoms with Crippen LogP contribution in [0.5, 0.6) is 0 Å². The standard InChI is InChI=1S/C58H72O13/c1-61-50(60)34-22-5-3-4-6-23-35-64-57-56(53(51(62-2)48(36-59)69-57)66-39-45-28-16-9-17-29-45)71-58-55(68-41-47-32-20-11-21-33-47)54(67-40-46-30-18-10-19-31-46)52(65-38-44-26-14-8-15-27-44)49(70-58)42-63-37-43-24-12-7-13-25-43/h7-21,24-33,48-49,51-59H,3-6,22-23,34-42H2,1-2H3/t48-,49-,51-,52-,53+,54+,55-,56-,57+,58-/m1/s1. The van der Waals surface area contributed by atoms with Crippen molar-refractivity contribution in [3.05, 3.63) is 179 Å². The van der Waals surface area contributed by atoms with E-state index in [9.17, 15) is 9.90 Å². The summed E-state index contributed by atoms with van der Waals surface area (Å²) in [6.07, 6.45) is -2.71. The first-order chi connectivity index (χ1) is 35.0. The number of hydrogen-bond acceptors (Lipinski definition) is 13. The first-order valence-corrected chi connectivity index (χ1v) is 25.0.